The van der Waals surface area contributed by atoms with Gasteiger partial charge in [0.1, 0.15) is 0 Å². The Balaban J connectivity index is 0.000000810. The fourth-order valence-electron chi connectivity index (χ4n) is 0.960. The van der Waals surface area contributed by atoms with Crippen molar-refractivity contribution in [1.82, 2.24) is 10.6 Å². The van der Waals surface area contributed by atoms with Crippen LogP contribution in [0.25, 0.3) is 0 Å². The number of piperazine rings is 1. The van der Waals surface area contributed by atoms with Crippen LogP contribution in [0.2, 0.25) is 0 Å². The predicted molar refractivity (Wildman–Crippen MR) is 43.6 cm³/mol. The molecule has 62 valence electrons. The van der Waals surface area contributed by atoms with Gasteiger partial charge in [0.2, 0.25) is 0 Å². The molecule has 0 aromatic rings. The van der Waals surface area contributed by atoms with Crippen molar-refractivity contribution in [3.8, 4) is 0 Å². The average Bonchev–Trinajstić information content (AvgIpc) is 1.90. The van der Waals surface area contributed by atoms with Gasteiger partial charge in [-0.25, -0.2) is 0 Å². The van der Waals surface area contributed by atoms with Gasteiger partial charge in [-0.2, -0.15) is 0 Å². The summed E-state index contributed by atoms with van der Waals surface area (Å²) >= 11 is 0. The van der Waals surface area contributed by atoms with E-state index in [0.717, 1.165) is 13.1 Å². The third kappa shape index (κ3) is 2.84. The number of hydrogen-bond acceptors (Lipinski definition) is 3. The Labute approximate surface area is 67.6 Å². The van der Waals surface area contributed by atoms with E-state index in [2.05, 4.69) is 17.6 Å². The van der Waals surface area contributed by atoms with Gasteiger partial charge in [0.15, 0.2) is 0 Å². The predicted octanol–water partition coefficient (Wildman–Crippen LogP) is -0.650. The molecule has 0 bridgehead atoms. The lowest BCUT2D eigenvalue weighted by molar-refractivity contribution is 0.216. The van der Waals surface area contributed by atoms with Gasteiger partial charge in [0.05, 0.1) is 6.61 Å². The van der Waals surface area contributed by atoms with Crippen molar-refractivity contribution in [3.63, 3.8) is 0 Å². The smallest absolute Gasteiger partial charge is 0.0597 e. The van der Waals surface area contributed by atoms with Crippen molar-refractivity contribution >= 4 is 12.4 Å². The molecule has 0 aromatic carbocycles. The zero-order valence-corrected chi connectivity index (χ0v) is 6.95. The minimum Gasteiger partial charge on any atom is -0.395 e. The lowest BCUT2D eigenvalue weighted by atomic mass is 10.2. The molecule has 3 nitrogen and oxygen atoms in total. The summed E-state index contributed by atoms with van der Waals surface area (Å²) in [5, 5.41) is 15.1. The highest BCUT2D eigenvalue weighted by Gasteiger charge is 2.14. The molecule has 0 spiro atoms. The van der Waals surface area contributed by atoms with E-state index in [-0.39, 0.29) is 25.1 Å². The van der Waals surface area contributed by atoms with E-state index in [1.807, 2.05) is 0 Å². The molecule has 2 atom stereocenters. The second-order valence-corrected chi connectivity index (χ2v) is 2.60. The van der Waals surface area contributed by atoms with Crippen molar-refractivity contribution < 1.29 is 5.11 Å². The summed E-state index contributed by atoms with van der Waals surface area (Å²) in [6.45, 7) is 4.21. The average molecular weight is 167 g/mol. The van der Waals surface area contributed by atoms with Crippen molar-refractivity contribution in [2.24, 2.45) is 0 Å². The van der Waals surface area contributed by atoms with Crippen LogP contribution in [0.4, 0.5) is 0 Å². The SMILES string of the molecule is C[C@@H]1CN[C@@H](CO)CN1.Cl. The summed E-state index contributed by atoms with van der Waals surface area (Å²) in [5.74, 6) is 0. The van der Waals surface area contributed by atoms with E-state index in [0.29, 0.717) is 6.04 Å². The van der Waals surface area contributed by atoms with Crippen molar-refractivity contribution in [3.05, 3.63) is 0 Å². The van der Waals surface area contributed by atoms with Crippen molar-refractivity contribution in [1.29, 1.82) is 0 Å². The Bertz CT molecular complexity index is 83.8. The van der Waals surface area contributed by atoms with Crippen molar-refractivity contribution in [2.45, 2.75) is 19.0 Å². The molecule has 0 radical (unpaired) electrons. The van der Waals surface area contributed by atoms with Crippen LogP contribution >= 0.6 is 12.4 Å². The summed E-state index contributed by atoms with van der Waals surface area (Å²) < 4.78 is 0. The summed E-state index contributed by atoms with van der Waals surface area (Å²) in [6, 6.07) is 0.814. The number of aliphatic hydroxyl groups is 1. The van der Waals surface area contributed by atoms with Gasteiger partial charge >= 0.3 is 0 Å². The van der Waals surface area contributed by atoms with Gasteiger partial charge in [-0.05, 0) is 6.92 Å². The van der Waals surface area contributed by atoms with E-state index < -0.39 is 0 Å². The van der Waals surface area contributed by atoms with Gasteiger partial charge in [-0.15, -0.1) is 12.4 Å². The van der Waals surface area contributed by atoms with Gasteiger partial charge in [0, 0.05) is 25.2 Å². The molecule has 4 heteroatoms. The van der Waals surface area contributed by atoms with Crippen LogP contribution in [0.3, 0.4) is 0 Å². The summed E-state index contributed by atoms with van der Waals surface area (Å²) in [5.41, 5.74) is 0. The first-order valence-corrected chi connectivity index (χ1v) is 3.40. The molecule has 1 aliphatic rings. The molecular formula is C6H15ClN2O. The molecule has 1 fully saturated rings. The first-order valence-electron chi connectivity index (χ1n) is 3.40. The third-order valence-corrected chi connectivity index (χ3v) is 1.65. The maximum Gasteiger partial charge on any atom is 0.0597 e. The van der Waals surface area contributed by atoms with Gasteiger partial charge in [-0.3, -0.25) is 0 Å². The molecule has 0 amide bonds. The lowest BCUT2D eigenvalue weighted by Gasteiger charge is -2.27. The van der Waals surface area contributed by atoms with Crippen LogP contribution < -0.4 is 10.6 Å². The molecular weight excluding hydrogens is 152 g/mol. The number of nitrogens with one attached hydrogen (secondary N) is 2. The second-order valence-electron chi connectivity index (χ2n) is 2.60. The van der Waals surface area contributed by atoms with Gasteiger partial charge < -0.3 is 15.7 Å². The quantitative estimate of drug-likeness (QED) is 0.485. The minimum absolute atomic E-state index is 0. The highest BCUT2D eigenvalue weighted by Crippen LogP contribution is 1.90. The second kappa shape index (κ2) is 4.91. The van der Waals surface area contributed by atoms with E-state index in [9.17, 15) is 0 Å². The van der Waals surface area contributed by atoms with Crippen LogP contribution in [-0.2, 0) is 0 Å². The summed E-state index contributed by atoms with van der Waals surface area (Å²) in [4.78, 5) is 0. The first-order chi connectivity index (χ1) is 4.33. The van der Waals surface area contributed by atoms with Gasteiger partial charge in [-0.1, -0.05) is 0 Å². The van der Waals surface area contributed by atoms with Crippen LogP contribution in [0, 0.1) is 0 Å². The zero-order chi connectivity index (χ0) is 6.69. The Hall–Kier alpha value is 0.170. The lowest BCUT2D eigenvalue weighted by Crippen LogP contribution is -2.54. The van der Waals surface area contributed by atoms with Crippen LogP contribution in [0.1, 0.15) is 6.92 Å². The number of aliphatic hydroxyl groups excluding tert-OH is 1. The number of halogens is 1. The molecule has 1 heterocycles. The fraction of sp³-hybridized carbons (Fsp3) is 1.00. The Morgan fingerprint density at radius 2 is 2.10 bits per heavy atom. The molecule has 1 saturated heterocycles. The largest absolute Gasteiger partial charge is 0.395 e. The molecule has 0 aliphatic carbocycles. The maximum atomic E-state index is 8.67. The van der Waals surface area contributed by atoms with Crippen LogP contribution in [0.5, 0.6) is 0 Å². The standard InChI is InChI=1S/C6H14N2O.ClH/c1-5-2-8-6(4-9)3-7-5;/h5-9H,2-4H2,1H3;1H/t5-,6-;/m1./s1. The van der Waals surface area contributed by atoms with E-state index in [4.69, 9.17) is 5.11 Å². The third-order valence-electron chi connectivity index (χ3n) is 1.65. The zero-order valence-electron chi connectivity index (χ0n) is 6.13. The molecule has 0 unspecified atom stereocenters. The van der Waals surface area contributed by atoms with E-state index in [1.165, 1.54) is 0 Å². The minimum atomic E-state index is 0. The van der Waals surface area contributed by atoms with E-state index in [1.54, 1.807) is 0 Å². The Kier molecular flexibility index (Phi) is 4.99. The van der Waals surface area contributed by atoms with Crippen LogP contribution in [0.15, 0.2) is 0 Å². The molecule has 0 aromatic heterocycles. The van der Waals surface area contributed by atoms with Crippen LogP contribution in [-0.4, -0.2) is 36.9 Å². The molecule has 10 heavy (non-hydrogen) atoms. The Morgan fingerprint density at radius 1 is 1.40 bits per heavy atom. The fourth-order valence-corrected chi connectivity index (χ4v) is 0.960. The first kappa shape index (κ1) is 10.2. The molecule has 1 aliphatic heterocycles. The summed E-state index contributed by atoms with van der Waals surface area (Å²) in [6.07, 6.45) is 0. The van der Waals surface area contributed by atoms with E-state index >= 15 is 0 Å². The number of hydrogen-bond donors (Lipinski definition) is 3. The highest BCUT2D eigenvalue weighted by atomic mass is 35.5. The Morgan fingerprint density at radius 3 is 2.50 bits per heavy atom. The topological polar surface area (TPSA) is 44.3 Å². The molecule has 1 rings (SSSR count). The highest BCUT2D eigenvalue weighted by molar-refractivity contribution is 5.85. The van der Waals surface area contributed by atoms with Gasteiger partial charge in [0.25, 0.3) is 0 Å². The maximum absolute atomic E-state index is 8.67. The summed E-state index contributed by atoms with van der Waals surface area (Å²) in [7, 11) is 0. The monoisotopic (exact) mass is 166 g/mol. The van der Waals surface area contributed by atoms with Crippen molar-refractivity contribution in [2.75, 3.05) is 19.7 Å². The number of rotatable bonds is 1. The molecule has 0 saturated carbocycles. The molecule has 3 N–H and O–H groups in total. The normalized spacial score (nSPS) is 33.0.